The van der Waals surface area contributed by atoms with Crippen molar-refractivity contribution in [1.29, 1.82) is 0 Å². The fraction of sp³-hybridized carbons (Fsp3) is 0.333. The number of benzene rings is 1. The van der Waals surface area contributed by atoms with Gasteiger partial charge in [-0.15, -0.1) is 11.3 Å². The molecule has 1 amide bonds. The summed E-state index contributed by atoms with van der Waals surface area (Å²) >= 11 is 1.50. The number of carbonyl (C=O) groups excluding carboxylic acids is 1. The summed E-state index contributed by atoms with van der Waals surface area (Å²) in [5, 5.41) is 12.0. The molecule has 1 aromatic carbocycles. The van der Waals surface area contributed by atoms with Gasteiger partial charge in [0.25, 0.3) is 5.91 Å². The minimum Gasteiger partial charge on any atom is -0.480 e. The summed E-state index contributed by atoms with van der Waals surface area (Å²) in [4.78, 5) is 25.8. The van der Waals surface area contributed by atoms with Crippen LogP contribution in [-0.2, 0) is 24.1 Å². The van der Waals surface area contributed by atoms with Crippen LogP contribution >= 0.6 is 11.3 Å². The van der Waals surface area contributed by atoms with Gasteiger partial charge in [0, 0.05) is 11.3 Å². The van der Waals surface area contributed by atoms with Crippen LogP contribution in [0.5, 0.6) is 0 Å². The van der Waals surface area contributed by atoms with Gasteiger partial charge in [0.05, 0.1) is 4.88 Å². The second kappa shape index (κ2) is 6.96. The van der Waals surface area contributed by atoms with E-state index in [-0.39, 0.29) is 12.3 Å². The molecule has 0 unspecified atom stereocenters. The Hall–Kier alpha value is -2.14. The Morgan fingerprint density at radius 2 is 1.91 bits per heavy atom. The molecule has 1 atom stereocenters. The molecule has 23 heavy (non-hydrogen) atoms. The first-order valence-electron chi connectivity index (χ1n) is 7.82. The first kappa shape index (κ1) is 15.7. The van der Waals surface area contributed by atoms with Crippen molar-refractivity contribution in [3.8, 4) is 0 Å². The Morgan fingerprint density at radius 3 is 2.61 bits per heavy atom. The standard InChI is InChI=1S/C18H19NO3S/c20-17(16-11-13-8-4-5-9-15(13)23-16)19-14(18(21)22)10-12-6-2-1-3-7-12/h1-3,6-7,11,14H,4-5,8-10H2,(H,19,20)(H,21,22)/t14-/m1/s1. The number of carbonyl (C=O) groups is 2. The average Bonchev–Trinajstić information content (AvgIpc) is 2.99. The molecule has 0 saturated heterocycles. The lowest BCUT2D eigenvalue weighted by molar-refractivity contribution is -0.139. The summed E-state index contributed by atoms with van der Waals surface area (Å²) in [7, 11) is 0. The van der Waals surface area contributed by atoms with Gasteiger partial charge in [0.2, 0.25) is 0 Å². The molecule has 2 N–H and O–H groups in total. The van der Waals surface area contributed by atoms with Crippen molar-refractivity contribution < 1.29 is 14.7 Å². The van der Waals surface area contributed by atoms with Crippen LogP contribution in [0.4, 0.5) is 0 Å². The lowest BCUT2D eigenvalue weighted by atomic mass is 9.99. The molecule has 1 aliphatic rings. The average molecular weight is 329 g/mol. The van der Waals surface area contributed by atoms with Crippen LogP contribution in [0.15, 0.2) is 36.4 Å². The largest absolute Gasteiger partial charge is 0.480 e. The quantitative estimate of drug-likeness (QED) is 0.886. The van der Waals surface area contributed by atoms with Crippen LogP contribution in [-0.4, -0.2) is 23.0 Å². The third-order valence-electron chi connectivity index (χ3n) is 4.11. The summed E-state index contributed by atoms with van der Waals surface area (Å²) in [6.07, 6.45) is 4.66. The zero-order valence-corrected chi connectivity index (χ0v) is 13.6. The second-order valence-electron chi connectivity index (χ2n) is 5.82. The summed E-state index contributed by atoms with van der Waals surface area (Å²) in [5.41, 5.74) is 2.15. The van der Waals surface area contributed by atoms with Crippen LogP contribution in [0.2, 0.25) is 0 Å². The third kappa shape index (κ3) is 3.79. The number of amides is 1. The normalized spacial score (nSPS) is 14.8. The molecule has 2 aromatic rings. The van der Waals surface area contributed by atoms with Gasteiger partial charge < -0.3 is 10.4 Å². The Morgan fingerprint density at radius 1 is 1.17 bits per heavy atom. The summed E-state index contributed by atoms with van der Waals surface area (Å²) in [6, 6.07) is 10.4. The minimum atomic E-state index is -1.01. The number of carboxylic acid groups (broad SMARTS) is 1. The first-order valence-corrected chi connectivity index (χ1v) is 8.64. The molecule has 0 spiro atoms. The Labute approximate surface area is 139 Å². The van der Waals surface area contributed by atoms with Crippen molar-refractivity contribution in [3.05, 3.63) is 57.3 Å². The molecule has 0 bridgehead atoms. The monoisotopic (exact) mass is 329 g/mol. The van der Waals surface area contributed by atoms with Crippen molar-refractivity contribution in [2.24, 2.45) is 0 Å². The van der Waals surface area contributed by atoms with E-state index < -0.39 is 12.0 Å². The van der Waals surface area contributed by atoms with Gasteiger partial charge in [-0.3, -0.25) is 4.79 Å². The first-order chi connectivity index (χ1) is 11.1. The zero-order valence-electron chi connectivity index (χ0n) is 12.7. The molecule has 3 rings (SSSR count). The number of aliphatic carboxylic acids is 1. The molecule has 1 aliphatic carbocycles. The number of thiophene rings is 1. The Kier molecular flexibility index (Phi) is 4.76. The van der Waals surface area contributed by atoms with Gasteiger partial charge in [-0.1, -0.05) is 30.3 Å². The van der Waals surface area contributed by atoms with Gasteiger partial charge in [-0.2, -0.15) is 0 Å². The van der Waals surface area contributed by atoms with Crippen LogP contribution in [0.3, 0.4) is 0 Å². The highest BCUT2D eigenvalue weighted by Crippen LogP contribution is 2.29. The number of fused-ring (bicyclic) bond motifs is 1. The fourth-order valence-corrected chi connectivity index (χ4v) is 4.04. The zero-order chi connectivity index (χ0) is 16.2. The lowest BCUT2D eigenvalue weighted by Crippen LogP contribution is -2.42. The molecule has 0 fully saturated rings. The summed E-state index contributed by atoms with van der Waals surface area (Å²) < 4.78 is 0. The maximum absolute atomic E-state index is 12.4. The molecule has 1 aromatic heterocycles. The highest BCUT2D eigenvalue weighted by Gasteiger charge is 2.23. The number of rotatable bonds is 5. The number of carboxylic acids is 1. The Balaban J connectivity index is 1.71. The smallest absolute Gasteiger partial charge is 0.326 e. The molecule has 4 nitrogen and oxygen atoms in total. The minimum absolute atomic E-state index is 0.285. The van der Waals surface area contributed by atoms with Crippen molar-refractivity contribution >= 4 is 23.2 Å². The second-order valence-corrected chi connectivity index (χ2v) is 6.96. The molecule has 0 radical (unpaired) electrons. The van der Waals surface area contributed by atoms with E-state index >= 15 is 0 Å². The number of hydrogen-bond acceptors (Lipinski definition) is 3. The van der Waals surface area contributed by atoms with Gasteiger partial charge >= 0.3 is 5.97 Å². The van der Waals surface area contributed by atoms with Crippen molar-refractivity contribution in [1.82, 2.24) is 5.32 Å². The molecule has 5 heteroatoms. The number of hydrogen-bond donors (Lipinski definition) is 2. The van der Waals surface area contributed by atoms with E-state index in [9.17, 15) is 14.7 Å². The van der Waals surface area contributed by atoms with Crippen molar-refractivity contribution in [2.45, 2.75) is 38.1 Å². The van der Waals surface area contributed by atoms with Gasteiger partial charge in [-0.25, -0.2) is 4.79 Å². The number of nitrogens with one attached hydrogen (secondary N) is 1. The van der Waals surface area contributed by atoms with E-state index in [2.05, 4.69) is 5.32 Å². The van der Waals surface area contributed by atoms with E-state index in [1.165, 1.54) is 28.2 Å². The molecular formula is C18H19NO3S. The predicted octanol–water partition coefficient (Wildman–Crippen LogP) is 3.05. The topological polar surface area (TPSA) is 66.4 Å². The van der Waals surface area contributed by atoms with E-state index in [0.29, 0.717) is 4.88 Å². The van der Waals surface area contributed by atoms with Gasteiger partial charge in [-0.05, 0) is 42.9 Å². The summed E-state index contributed by atoms with van der Waals surface area (Å²) in [6.45, 7) is 0. The van der Waals surface area contributed by atoms with Gasteiger partial charge in [0.15, 0.2) is 0 Å². The van der Waals surface area contributed by atoms with E-state index in [0.717, 1.165) is 24.8 Å². The van der Waals surface area contributed by atoms with Gasteiger partial charge in [0.1, 0.15) is 6.04 Å². The van der Waals surface area contributed by atoms with E-state index in [1.807, 2.05) is 36.4 Å². The molecule has 120 valence electrons. The molecule has 0 aliphatic heterocycles. The summed E-state index contributed by atoms with van der Waals surface area (Å²) in [5.74, 6) is -1.30. The van der Waals surface area contributed by atoms with Crippen LogP contribution in [0, 0.1) is 0 Å². The molecule has 0 saturated carbocycles. The van der Waals surface area contributed by atoms with E-state index in [4.69, 9.17) is 0 Å². The predicted molar refractivity (Wildman–Crippen MR) is 90.0 cm³/mol. The highest BCUT2D eigenvalue weighted by atomic mass is 32.1. The third-order valence-corrected chi connectivity index (χ3v) is 5.34. The Bertz CT molecular complexity index is 685. The molecule has 1 heterocycles. The van der Waals surface area contributed by atoms with Crippen LogP contribution < -0.4 is 5.32 Å². The maximum Gasteiger partial charge on any atom is 0.326 e. The number of aryl methyl sites for hydroxylation is 2. The lowest BCUT2D eigenvalue weighted by Gasteiger charge is -2.14. The van der Waals surface area contributed by atoms with E-state index in [1.54, 1.807) is 0 Å². The van der Waals surface area contributed by atoms with Crippen LogP contribution in [0.1, 0.15) is 38.5 Å². The van der Waals surface area contributed by atoms with Crippen molar-refractivity contribution in [2.75, 3.05) is 0 Å². The van der Waals surface area contributed by atoms with Crippen molar-refractivity contribution in [3.63, 3.8) is 0 Å². The maximum atomic E-state index is 12.4. The molecular weight excluding hydrogens is 310 g/mol. The SMILES string of the molecule is O=C(N[C@H](Cc1ccccc1)C(=O)O)c1cc2c(s1)CCCC2. The van der Waals surface area contributed by atoms with Crippen LogP contribution in [0.25, 0.3) is 0 Å². The fourth-order valence-electron chi connectivity index (χ4n) is 2.88. The highest BCUT2D eigenvalue weighted by molar-refractivity contribution is 7.14.